The van der Waals surface area contributed by atoms with E-state index in [1.54, 1.807) is 0 Å². The van der Waals surface area contributed by atoms with Gasteiger partial charge in [0.1, 0.15) is 21.3 Å². The molecule has 0 saturated heterocycles. The lowest BCUT2D eigenvalue weighted by molar-refractivity contribution is 0.0797. The van der Waals surface area contributed by atoms with Gasteiger partial charge >= 0.3 is 0 Å². The molecule has 1 aromatic heterocycles. The average molecular weight is 258 g/mol. The fourth-order valence-electron chi connectivity index (χ4n) is 1.05. The molecule has 7 nitrogen and oxygen atoms in total. The molecule has 0 saturated carbocycles. The van der Waals surface area contributed by atoms with Crippen LogP contribution in [0, 0.1) is 0 Å². The summed E-state index contributed by atoms with van der Waals surface area (Å²) < 4.78 is 21.9. The lowest BCUT2D eigenvalue weighted by atomic mass is 10.4. The molecule has 0 aliphatic rings. The molecule has 0 fully saturated rings. The van der Waals surface area contributed by atoms with Crippen LogP contribution in [0.2, 0.25) is 0 Å². The van der Waals surface area contributed by atoms with Crippen molar-refractivity contribution < 1.29 is 13.2 Å². The lowest BCUT2D eigenvalue weighted by Gasteiger charge is -2.15. The van der Waals surface area contributed by atoms with Gasteiger partial charge < -0.3 is 10.6 Å². The molecule has 0 bridgehead atoms. The number of nitrogens with two attached hydrogens (primary N) is 1. The monoisotopic (exact) mass is 258 g/mol. The number of sulfone groups is 1. The number of nitrogens with zero attached hydrogens (tertiary/aromatic N) is 3. The number of carbonyl (C=O) groups excluding carboxylic acids is 1. The minimum atomic E-state index is -3.09. The summed E-state index contributed by atoms with van der Waals surface area (Å²) in [6.07, 6.45) is 3.65. The highest BCUT2D eigenvalue weighted by molar-refractivity contribution is 7.90. The maximum Gasteiger partial charge on any atom is 0.273 e. The van der Waals surface area contributed by atoms with Gasteiger partial charge in [-0.05, 0) is 0 Å². The van der Waals surface area contributed by atoms with Gasteiger partial charge in [-0.15, -0.1) is 0 Å². The summed E-state index contributed by atoms with van der Waals surface area (Å²) in [7, 11) is -1.59. The summed E-state index contributed by atoms with van der Waals surface area (Å²) >= 11 is 0. The van der Waals surface area contributed by atoms with Crippen molar-refractivity contribution in [2.24, 2.45) is 0 Å². The van der Waals surface area contributed by atoms with Crippen LogP contribution in [0.3, 0.4) is 0 Å². The Balaban J connectivity index is 2.67. The van der Waals surface area contributed by atoms with E-state index in [4.69, 9.17) is 5.73 Å². The van der Waals surface area contributed by atoms with Gasteiger partial charge in [0.15, 0.2) is 0 Å². The molecule has 2 N–H and O–H groups in total. The average Bonchev–Trinajstić information content (AvgIpc) is 2.25. The molecule has 8 heteroatoms. The Hall–Kier alpha value is -1.70. The number of rotatable bonds is 4. The van der Waals surface area contributed by atoms with Crippen molar-refractivity contribution in [2.45, 2.75) is 0 Å². The van der Waals surface area contributed by atoms with Gasteiger partial charge in [-0.3, -0.25) is 4.79 Å². The number of hydrogen-bond donors (Lipinski definition) is 1. The molecule has 0 spiro atoms. The van der Waals surface area contributed by atoms with Gasteiger partial charge in [-0.25, -0.2) is 18.4 Å². The summed E-state index contributed by atoms with van der Waals surface area (Å²) in [5.41, 5.74) is 5.48. The fourth-order valence-corrected chi connectivity index (χ4v) is 1.65. The SMILES string of the molecule is CN(CCS(C)(=O)=O)C(=O)c1cnc(N)cn1. The highest BCUT2D eigenvalue weighted by atomic mass is 32.2. The first-order chi connectivity index (χ1) is 7.79. The van der Waals surface area contributed by atoms with Crippen LogP contribution in [-0.2, 0) is 9.84 Å². The molecule has 0 unspecified atom stereocenters. The third-order valence-corrected chi connectivity index (χ3v) is 2.96. The second-order valence-electron chi connectivity index (χ2n) is 3.68. The van der Waals surface area contributed by atoms with Gasteiger partial charge in [0.2, 0.25) is 0 Å². The van der Waals surface area contributed by atoms with E-state index in [1.807, 2.05) is 0 Å². The molecule has 1 rings (SSSR count). The quantitative estimate of drug-likeness (QED) is 0.756. The zero-order valence-electron chi connectivity index (χ0n) is 9.62. The van der Waals surface area contributed by atoms with Crippen molar-refractivity contribution in [3.63, 3.8) is 0 Å². The molecule has 0 aliphatic heterocycles. The molecular formula is C9H14N4O3S. The van der Waals surface area contributed by atoms with Crippen molar-refractivity contribution >= 4 is 21.6 Å². The Morgan fingerprint density at radius 3 is 2.53 bits per heavy atom. The maximum absolute atomic E-state index is 11.8. The molecule has 1 heterocycles. The van der Waals surface area contributed by atoms with Crippen LogP contribution in [0.1, 0.15) is 10.5 Å². The first-order valence-electron chi connectivity index (χ1n) is 4.80. The summed E-state index contributed by atoms with van der Waals surface area (Å²) in [5, 5.41) is 0. The standard InChI is InChI=1S/C9H14N4O3S/c1-13(3-4-17(2,15)16)9(14)7-5-12-8(10)6-11-7/h5-6H,3-4H2,1-2H3,(H2,10,12). The summed E-state index contributed by atoms with van der Waals surface area (Å²) in [6, 6.07) is 0. The third kappa shape index (κ3) is 4.35. The number of nitrogen functional groups attached to an aromatic ring is 1. The number of anilines is 1. The van der Waals surface area contributed by atoms with Crippen LogP contribution in [0.5, 0.6) is 0 Å². The van der Waals surface area contributed by atoms with Crippen LogP contribution in [0.25, 0.3) is 0 Å². The Labute approximate surface area is 99.6 Å². The van der Waals surface area contributed by atoms with Crippen LogP contribution >= 0.6 is 0 Å². The minimum absolute atomic E-state index is 0.0857. The number of aromatic nitrogens is 2. The van der Waals surface area contributed by atoms with E-state index < -0.39 is 9.84 Å². The second-order valence-corrected chi connectivity index (χ2v) is 5.94. The Kier molecular flexibility index (Phi) is 4.00. The Morgan fingerprint density at radius 2 is 2.06 bits per heavy atom. The highest BCUT2D eigenvalue weighted by Gasteiger charge is 2.15. The highest BCUT2D eigenvalue weighted by Crippen LogP contribution is 2.00. The van der Waals surface area contributed by atoms with Gasteiger partial charge in [-0.1, -0.05) is 0 Å². The molecule has 0 radical (unpaired) electrons. The van der Waals surface area contributed by atoms with E-state index in [0.717, 1.165) is 6.26 Å². The van der Waals surface area contributed by atoms with E-state index in [-0.39, 0.29) is 29.7 Å². The van der Waals surface area contributed by atoms with Gasteiger partial charge in [0, 0.05) is 19.8 Å². The maximum atomic E-state index is 11.8. The van der Waals surface area contributed by atoms with E-state index in [1.165, 1.54) is 24.3 Å². The molecular weight excluding hydrogens is 244 g/mol. The topological polar surface area (TPSA) is 106 Å². The molecule has 1 aromatic rings. The van der Waals surface area contributed by atoms with Crippen molar-refractivity contribution in [1.82, 2.24) is 14.9 Å². The second kappa shape index (κ2) is 5.09. The molecule has 94 valence electrons. The molecule has 0 aliphatic carbocycles. The van der Waals surface area contributed by atoms with Crippen molar-refractivity contribution in [3.05, 3.63) is 18.1 Å². The first kappa shape index (κ1) is 13.4. The molecule has 0 aromatic carbocycles. The lowest BCUT2D eigenvalue weighted by Crippen LogP contribution is -2.32. The fraction of sp³-hybridized carbons (Fsp3) is 0.444. The van der Waals surface area contributed by atoms with E-state index >= 15 is 0 Å². The van der Waals surface area contributed by atoms with Crippen LogP contribution in [0.15, 0.2) is 12.4 Å². The number of hydrogen-bond acceptors (Lipinski definition) is 6. The molecule has 17 heavy (non-hydrogen) atoms. The summed E-state index contributed by atoms with van der Waals surface area (Å²) in [5.74, 6) is -0.251. The number of amides is 1. The summed E-state index contributed by atoms with van der Waals surface area (Å²) in [6.45, 7) is 0.115. The van der Waals surface area contributed by atoms with Gasteiger partial charge in [0.05, 0.1) is 18.1 Å². The normalized spacial score (nSPS) is 11.2. The summed E-state index contributed by atoms with van der Waals surface area (Å²) in [4.78, 5) is 20.6. The van der Waals surface area contributed by atoms with Crippen molar-refractivity contribution in [1.29, 1.82) is 0 Å². The van der Waals surface area contributed by atoms with Gasteiger partial charge in [0.25, 0.3) is 5.91 Å². The zero-order valence-corrected chi connectivity index (χ0v) is 10.4. The van der Waals surface area contributed by atoms with Gasteiger partial charge in [-0.2, -0.15) is 0 Å². The van der Waals surface area contributed by atoms with Crippen molar-refractivity contribution in [3.8, 4) is 0 Å². The van der Waals surface area contributed by atoms with E-state index in [0.29, 0.717) is 0 Å². The smallest absolute Gasteiger partial charge is 0.273 e. The molecule has 0 atom stereocenters. The zero-order chi connectivity index (χ0) is 13.1. The van der Waals surface area contributed by atoms with Crippen LogP contribution < -0.4 is 5.73 Å². The third-order valence-electron chi connectivity index (χ3n) is 2.04. The predicted octanol–water partition coefficient (Wildman–Crippen LogP) is -0.825. The van der Waals surface area contributed by atoms with E-state index in [2.05, 4.69) is 9.97 Å². The largest absolute Gasteiger partial charge is 0.382 e. The minimum Gasteiger partial charge on any atom is -0.382 e. The van der Waals surface area contributed by atoms with Crippen LogP contribution in [0.4, 0.5) is 5.82 Å². The Morgan fingerprint density at radius 1 is 1.41 bits per heavy atom. The van der Waals surface area contributed by atoms with Crippen LogP contribution in [-0.4, -0.2) is 54.8 Å². The predicted molar refractivity (Wildman–Crippen MR) is 63.1 cm³/mol. The number of carbonyl (C=O) groups is 1. The molecule has 1 amide bonds. The van der Waals surface area contributed by atoms with Crippen molar-refractivity contribution in [2.75, 3.05) is 31.3 Å². The first-order valence-corrected chi connectivity index (χ1v) is 6.86. The Bertz CT molecular complexity index is 497. The van der Waals surface area contributed by atoms with E-state index in [9.17, 15) is 13.2 Å².